The summed E-state index contributed by atoms with van der Waals surface area (Å²) in [5.41, 5.74) is 2.58. The van der Waals surface area contributed by atoms with Crippen molar-refractivity contribution in [3.63, 3.8) is 0 Å². The van der Waals surface area contributed by atoms with E-state index in [4.69, 9.17) is 4.74 Å². The Bertz CT molecular complexity index is 526. The number of nitrogens with one attached hydrogen (secondary N) is 1. The highest BCUT2D eigenvalue weighted by Crippen LogP contribution is 2.15. The van der Waals surface area contributed by atoms with Gasteiger partial charge in [0, 0.05) is 58.5 Å². The Balaban J connectivity index is 1.81. The second-order valence-electron chi connectivity index (χ2n) is 6.50. The lowest BCUT2D eigenvalue weighted by atomic mass is 10.1. The van der Waals surface area contributed by atoms with Gasteiger partial charge in [0.2, 0.25) is 0 Å². The van der Waals surface area contributed by atoms with Crippen molar-refractivity contribution in [1.82, 2.24) is 10.2 Å². The van der Waals surface area contributed by atoms with Crippen LogP contribution < -0.4 is 10.2 Å². The molecule has 0 spiro atoms. The third-order valence-electron chi connectivity index (χ3n) is 4.54. The molecule has 1 unspecified atom stereocenters. The van der Waals surface area contributed by atoms with Crippen LogP contribution in [0.3, 0.4) is 0 Å². The van der Waals surface area contributed by atoms with Crippen molar-refractivity contribution in [2.75, 3.05) is 58.4 Å². The Kier molecular flexibility index (Phi) is 7.37. The monoisotopic (exact) mass is 332 g/mol. The molecule has 1 heterocycles. The lowest BCUT2D eigenvalue weighted by Crippen LogP contribution is -2.44. The summed E-state index contributed by atoms with van der Waals surface area (Å²) in [6.07, 6.45) is 1.15. The number of ether oxygens (including phenoxy) is 1. The Hall–Kier alpha value is -1.75. The van der Waals surface area contributed by atoms with Crippen molar-refractivity contribution in [1.29, 1.82) is 0 Å². The van der Waals surface area contributed by atoms with Gasteiger partial charge in [-0.05, 0) is 38.0 Å². The molecule has 0 aliphatic carbocycles. The molecule has 1 atom stereocenters. The number of hydrogen-bond donors (Lipinski definition) is 1. The number of aryl methyl sites for hydroxylation is 1. The van der Waals surface area contributed by atoms with Crippen LogP contribution in [-0.4, -0.2) is 64.3 Å². The second kappa shape index (κ2) is 9.52. The third-order valence-corrected chi connectivity index (χ3v) is 4.54. The highest BCUT2D eigenvalue weighted by Gasteiger charge is 2.19. The zero-order valence-electron chi connectivity index (χ0n) is 15.6. The molecule has 5 nitrogen and oxygen atoms in total. The first-order chi connectivity index (χ1) is 11.6. The Morgan fingerprint density at radius 2 is 2.25 bits per heavy atom. The van der Waals surface area contributed by atoms with E-state index in [1.165, 1.54) is 11.3 Å². The Morgan fingerprint density at radius 3 is 2.88 bits per heavy atom. The van der Waals surface area contributed by atoms with Gasteiger partial charge < -0.3 is 19.9 Å². The van der Waals surface area contributed by atoms with E-state index < -0.39 is 0 Å². The van der Waals surface area contributed by atoms with Crippen molar-refractivity contribution < 1.29 is 4.74 Å². The Labute approximate surface area is 146 Å². The summed E-state index contributed by atoms with van der Waals surface area (Å²) in [5.74, 6) is 1.58. The van der Waals surface area contributed by atoms with Crippen molar-refractivity contribution in [2.45, 2.75) is 20.3 Å². The summed E-state index contributed by atoms with van der Waals surface area (Å²) in [4.78, 5) is 9.01. The predicted octanol–water partition coefficient (Wildman–Crippen LogP) is 2.37. The molecule has 1 saturated heterocycles. The summed E-state index contributed by atoms with van der Waals surface area (Å²) in [5, 5.41) is 3.49. The van der Waals surface area contributed by atoms with Crippen molar-refractivity contribution in [2.24, 2.45) is 10.9 Å². The van der Waals surface area contributed by atoms with Crippen LogP contribution in [0.5, 0.6) is 0 Å². The molecule has 0 amide bonds. The summed E-state index contributed by atoms with van der Waals surface area (Å²) in [6.45, 7) is 9.93. The fraction of sp³-hybridized carbons (Fsp3) is 0.632. The van der Waals surface area contributed by atoms with Gasteiger partial charge in [-0.15, -0.1) is 0 Å². The van der Waals surface area contributed by atoms with Gasteiger partial charge in [-0.1, -0.05) is 12.1 Å². The lowest BCUT2D eigenvalue weighted by molar-refractivity contribution is 0.181. The highest BCUT2D eigenvalue weighted by molar-refractivity contribution is 5.79. The van der Waals surface area contributed by atoms with Crippen molar-refractivity contribution in [3.8, 4) is 0 Å². The minimum Gasteiger partial charge on any atom is -0.381 e. The fourth-order valence-corrected chi connectivity index (χ4v) is 3.18. The first kappa shape index (κ1) is 18.6. The van der Waals surface area contributed by atoms with Crippen LogP contribution >= 0.6 is 0 Å². The number of guanidine groups is 1. The minimum absolute atomic E-state index is 0.619. The van der Waals surface area contributed by atoms with Gasteiger partial charge in [0.05, 0.1) is 6.61 Å². The summed E-state index contributed by atoms with van der Waals surface area (Å²) in [6, 6.07) is 8.68. The highest BCUT2D eigenvalue weighted by atomic mass is 16.5. The second-order valence-corrected chi connectivity index (χ2v) is 6.50. The first-order valence-corrected chi connectivity index (χ1v) is 8.95. The van der Waals surface area contributed by atoms with Gasteiger partial charge in [-0.25, -0.2) is 0 Å². The van der Waals surface area contributed by atoms with E-state index >= 15 is 0 Å². The maximum absolute atomic E-state index is 5.46. The number of likely N-dealkylation sites (N-methyl/N-ethyl adjacent to an activating group) is 1. The van der Waals surface area contributed by atoms with E-state index in [1.54, 1.807) is 0 Å². The predicted molar refractivity (Wildman–Crippen MR) is 102 cm³/mol. The maximum atomic E-state index is 5.46. The summed E-state index contributed by atoms with van der Waals surface area (Å²) >= 11 is 0. The van der Waals surface area contributed by atoms with Gasteiger partial charge in [-0.3, -0.25) is 4.99 Å². The minimum atomic E-state index is 0.619. The van der Waals surface area contributed by atoms with E-state index in [0.717, 1.165) is 51.8 Å². The molecule has 1 N–H and O–H groups in total. The summed E-state index contributed by atoms with van der Waals surface area (Å²) < 4.78 is 5.46. The standard InChI is InChI=1S/C19H32N4O/c1-5-23(18-8-6-7-16(2)13-18)11-10-21-19(20-3)22(4)14-17-9-12-24-15-17/h6-8,13,17H,5,9-12,14-15H2,1-4H3,(H,20,21). The quantitative estimate of drug-likeness (QED) is 0.615. The van der Waals surface area contributed by atoms with Gasteiger partial charge in [0.1, 0.15) is 0 Å². The molecule has 1 aromatic carbocycles. The number of nitrogens with zero attached hydrogens (tertiary/aromatic N) is 3. The molecule has 1 aromatic rings. The molecule has 1 aliphatic rings. The number of benzene rings is 1. The van der Waals surface area contributed by atoms with Crippen molar-refractivity contribution >= 4 is 11.6 Å². The number of anilines is 1. The van der Waals surface area contributed by atoms with Crippen LogP contribution in [0.25, 0.3) is 0 Å². The zero-order chi connectivity index (χ0) is 17.4. The van der Waals surface area contributed by atoms with E-state index in [1.807, 2.05) is 7.05 Å². The molecule has 5 heteroatoms. The van der Waals surface area contributed by atoms with Crippen LogP contribution in [0.2, 0.25) is 0 Å². The molecule has 1 fully saturated rings. The molecule has 2 rings (SSSR count). The summed E-state index contributed by atoms with van der Waals surface area (Å²) in [7, 11) is 3.95. The molecule has 24 heavy (non-hydrogen) atoms. The van der Waals surface area contributed by atoms with E-state index in [2.05, 4.69) is 65.3 Å². The fourth-order valence-electron chi connectivity index (χ4n) is 3.18. The number of aliphatic imine (C=N–C) groups is 1. The average Bonchev–Trinajstić information content (AvgIpc) is 3.08. The first-order valence-electron chi connectivity index (χ1n) is 8.95. The maximum Gasteiger partial charge on any atom is 0.193 e. The van der Waals surface area contributed by atoms with Crippen LogP contribution in [-0.2, 0) is 4.74 Å². The molecule has 0 aromatic heterocycles. The lowest BCUT2D eigenvalue weighted by Gasteiger charge is -2.27. The SMILES string of the molecule is CCN(CCNC(=NC)N(C)CC1CCOC1)c1cccc(C)c1. The van der Waals surface area contributed by atoms with Gasteiger partial charge >= 0.3 is 0 Å². The Morgan fingerprint density at radius 1 is 1.42 bits per heavy atom. The number of rotatable bonds is 7. The topological polar surface area (TPSA) is 40.1 Å². The zero-order valence-corrected chi connectivity index (χ0v) is 15.6. The molecule has 0 saturated carbocycles. The van der Waals surface area contributed by atoms with Gasteiger partial charge in [0.15, 0.2) is 5.96 Å². The smallest absolute Gasteiger partial charge is 0.193 e. The normalized spacial score (nSPS) is 17.8. The molecule has 0 bridgehead atoms. The van der Waals surface area contributed by atoms with Crippen LogP contribution in [0, 0.1) is 12.8 Å². The van der Waals surface area contributed by atoms with Gasteiger partial charge in [-0.2, -0.15) is 0 Å². The van der Waals surface area contributed by atoms with E-state index in [0.29, 0.717) is 5.92 Å². The number of hydrogen-bond acceptors (Lipinski definition) is 3. The molecular weight excluding hydrogens is 300 g/mol. The van der Waals surface area contributed by atoms with Crippen LogP contribution in [0.1, 0.15) is 18.9 Å². The molecular formula is C19H32N4O. The van der Waals surface area contributed by atoms with Crippen molar-refractivity contribution in [3.05, 3.63) is 29.8 Å². The molecule has 134 valence electrons. The molecule has 1 aliphatic heterocycles. The van der Waals surface area contributed by atoms with Crippen LogP contribution in [0.4, 0.5) is 5.69 Å². The van der Waals surface area contributed by atoms with Gasteiger partial charge in [0.25, 0.3) is 0 Å². The largest absolute Gasteiger partial charge is 0.381 e. The van der Waals surface area contributed by atoms with E-state index in [-0.39, 0.29) is 0 Å². The molecule has 0 radical (unpaired) electrons. The average molecular weight is 332 g/mol. The third kappa shape index (κ3) is 5.41. The van der Waals surface area contributed by atoms with Crippen LogP contribution in [0.15, 0.2) is 29.3 Å². The van der Waals surface area contributed by atoms with E-state index in [9.17, 15) is 0 Å².